The lowest BCUT2D eigenvalue weighted by atomic mass is 10.1. The summed E-state index contributed by atoms with van der Waals surface area (Å²) in [5, 5.41) is 11.8. The Morgan fingerprint density at radius 3 is 2.54 bits per heavy atom. The Labute approximate surface area is 146 Å². The van der Waals surface area contributed by atoms with E-state index in [1.54, 1.807) is 12.1 Å². The van der Waals surface area contributed by atoms with Crippen LogP contribution in [0.4, 0.5) is 13.2 Å². The number of rotatable bonds is 4. The van der Waals surface area contributed by atoms with E-state index >= 15 is 0 Å². The van der Waals surface area contributed by atoms with Crippen molar-refractivity contribution in [3.8, 4) is 0 Å². The van der Waals surface area contributed by atoms with Gasteiger partial charge in [0.1, 0.15) is 6.04 Å². The van der Waals surface area contributed by atoms with Crippen molar-refractivity contribution < 1.29 is 18.0 Å². The Bertz CT molecular complexity index is 846. The fourth-order valence-electron chi connectivity index (χ4n) is 3.01. The van der Waals surface area contributed by atoms with Gasteiger partial charge in [0.25, 0.3) is 11.5 Å². The van der Waals surface area contributed by atoms with Gasteiger partial charge in [-0.05, 0) is 6.07 Å². The van der Waals surface area contributed by atoms with Gasteiger partial charge >= 0.3 is 6.18 Å². The Hall–Kier alpha value is -2.46. The molecule has 3 N–H and O–H groups in total. The zero-order chi connectivity index (χ0) is 18.7. The summed E-state index contributed by atoms with van der Waals surface area (Å²) in [4.78, 5) is 25.4. The van der Waals surface area contributed by atoms with E-state index in [0.29, 0.717) is 18.5 Å². The fraction of sp³-hybridized carbons (Fsp3) is 0.438. The number of halogens is 3. The van der Waals surface area contributed by atoms with E-state index in [2.05, 4.69) is 20.8 Å². The lowest BCUT2D eigenvalue weighted by Gasteiger charge is -2.35. The summed E-state index contributed by atoms with van der Waals surface area (Å²) in [7, 11) is 0. The third-order valence-corrected chi connectivity index (χ3v) is 4.34. The van der Waals surface area contributed by atoms with Crippen LogP contribution < -0.4 is 16.2 Å². The minimum atomic E-state index is -4.47. The lowest BCUT2D eigenvalue weighted by molar-refractivity contribution is -0.183. The Kier molecular flexibility index (Phi) is 5.23. The van der Waals surface area contributed by atoms with Crippen molar-refractivity contribution in [1.82, 2.24) is 25.7 Å². The number of piperazine rings is 1. The van der Waals surface area contributed by atoms with E-state index in [1.165, 1.54) is 17.0 Å². The molecule has 1 amide bonds. The number of aromatic nitrogens is 2. The number of carbonyl (C=O) groups is 1. The van der Waals surface area contributed by atoms with Gasteiger partial charge in [0.15, 0.2) is 5.69 Å². The normalized spacial score (nSPS) is 17.2. The standard InChI is InChI=1S/C16H18F3N5O2/c17-16(18,19)12(24-7-5-20-6-8-24)9-21-15(26)13-10-3-1-2-4-11(10)14(25)23-22-13/h1-4,12,20H,5-9H2,(H,21,26)(H,23,25). The van der Waals surface area contributed by atoms with E-state index in [4.69, 9.17) is 0 Å². The first-order chi connectivity index (χ1) is 12.4. The number of H-pyrrole nitrogens is 1. The molecule has 1 fully saturated rings. The van der Waals surface area contributed by atoms with Gasteiger partial charge in [0.2, 0.25) is 0 Å². The predicted molar refractivity (Wildman–Crippen MR) is 89.0 cm³/mol. The molecule has 1 aromatic heterocycles. The first-order valence-corrected chi connectivity index (χ1v) is 8.15. The van der Waals surface area contributed by atoms with Gasteiger partial charge in [0, 0.05) is 38.1 Å². The number of alkyl halides is 3. The third kappa shape index (κ3) is 3.86. The average Bonchev–Trinajstić information content (AvgIpc) is 2.62. The minimum Gasteiger partial charge on any atom is -0.349 e. The van der Waals surface area contributed by atoms with Crippen molar-refractivity contribution in [1.29, 1.82) is 0 Å². The summed E-state index contributed by atoms with van der Waals surface area (Å²) in [6.45, 7) is 0.844. The van der Waals surface area contributed by atoms with Crippen LogP contribution in [0.2, 0.25) is 0 Å². The largest absolute Gasteiger partial charge is 0.405 e. The second-order valence-electron chi connectivity index (χ2n) is 6.00. The van der Waals surface area contributed by atoms with Gasteiger partial charge in [-0.2, -0.15) is 18.3 Å². The molecule has 3 rings (SSSR count). The van der Waals surface area contributed by atoms with Crippen molar-refractivity contribution in [3.05, 3.63) is 40.3 Å². The molecule has 7 nitrogen and oxygen atoms in total. The second-order valence-corrected chi connectivity index (χ2v) is 6.00. The molecule has 1 aliphatic rings. The molecule has 1 unspecified atom stereocenters. The highest BCUT2D eigenvalue weighted by Crippen LogP contribution is 2.25. The lowest BCUT2D eigenvalue weighted by Crippen LogP contribution is -2.57. The van der Waals surface area contributed by atoms with Crippen LogP contribution in [0.5, 0.6) is 0 Å². The number of carbonyl (C=O) groups excluding carboxylic acids is 1. The molecule has 2 heterocycles. The molecule has 1 aromatic carbocycles. The fourth-order valence-corrected chi connectivity index (χ4v) is 3.01. The number of nitrogens with one attached hydrogen (secondary N) is 3. The van der Waals surface area contributed by atoms with Crippen LogP contribution in [-0.4, -0.2) is 65.9 Å². The Morgan fingerprint density at radius 2 is 1.88 bits per heavy atom. The average molecular weight is 369 g/mol. The van der Waals surface area contributed by atoms with Crippen molar-refractivity contribution in [2.24, 2.45) is 0 Å². The zero-order valence-electron chi connectivity index (χ0n) is 13.8. The molecule has 140 valence electrons. The number of benzene rings is 1. The van der Waals surface area contributed by atoms with Gasteiger partial charge in [-0.3, -0.25) is 14.5 Å². The van der Waals surface area contributed by atoms with E-state index in [-0.39, 0.29) is 24.2 Å². The number of aromatic amines is 1. The van der Waals surface area contributed by atoms with Gasteiger partial charge in [-0.25, -0.2) is 5.10 Å². The van der Waals surface area contributed by atoms with Gasteiger partial charge in [0.05, 0.1) is 5.39 Å². The molecule has 1 atom stereocenters. The topological polar surface area (TPSA) is 90.1 Å². The number of amides is 1. The van der Waals surface area contributed by atoms with Gasteiger partial charge in [-0.15, -0.1) is 0 Å². The molecule has 26 heavy (non-hydrogen) atoms. The maximum absolute atomic E-state index is 13.4. The summed E-state index contributed by atoms with van der Waals surface area (Å²) in [6.07, 6.45) is -4.47. The predicted octanol–water partition coefficient (Wildman–Crippen LogP) is 0.489. The summed E-state index contributed by atoms with van der Waals surface area (Å²) in [5.41, 5.74) is -0.576. The van der Waals surface area contributed by atoms with E-state index in [0.717, 1.165) is 0 Å². The van der Waals surface area contributed by atoms with Crippen molar-refractivity contribution >= 4 is 16.7 Å². The molecular weight excluding hydrogens is 351 g/mol. The van der Waals surface area contributed by atoms with Crippen molar-refractivity contribution in [2.45, 2.75) is 12.2 Å². The second kappa shape index (κ2) is 7.42. The first kappa shape index (κ1) is 18.3. The maximum Gasteiger partial charge on any atom is 0.405 e. The molecule has 0 radical (unpaired) electrons. The molecule has 0 bridgehead atoms. The molecule has 0 saturated carbocycles. The molecular formula is C16H18F3N5O2. The molecule has 1 saturated heterocycles. The van der Waals surface area contributed by atoms with Crippen LogP contribution in [0.3, 0.4) is 0 Å². The first-order valence-electron chi connectivity index (χ1n) is 8.15. The highest BCUT2D eigenvalue weighted by atomic mass is 19.4. The van der Waals surface area contributed by atoms with Crippen molar-refractivity contribution in [2.75, 3.05) is 32.7 Å². The van der Waals surface area contributed by atoms with Crippen LogP contribution in [-0.2, 0) is 0 Å². The van der Waals surface area contributed by atoms with Crippen LogP contribution in [0.25, 0.3) is 10.8 Å². The summed E-state index contributed by atoms with van der Waals surface area (Å²) in [6, 6.07) is 4.53. The molecule has 0 aliphatic carbocycles. The number of nitrogens with zero attached hydrogens (tertiary/aromatic N) is 2. The van der Waals surface area contributed by atoms with Crippen LogP contribution >= 0.6 is 0 Å². The molecule has 10 heteroatoms. The van der Waals surface area contributed by atoms with Crippen molar-refractivity contribution in [3.63, 3.8) is 0 Å². The van der Waals surface area contributed by atoms with E-state index in [1.807, 2.05) is 0 Å². The van der Waals surface area contributed by atoms with Gasteiger partial charge in [-0.1, -0.05) is 18.2 Å². The number of hydrogen-bond donors (Lipinski definition) is 3. The number of hydrogen-bond acceptors (Lipinski definition) is 5. The van der Waals surface area contributed by atoms with E-state index in [9.17, 15) is 22.8 Å². The van der Waals surface area contributed by atoms with Gasteiger partial charge < -0.3 is 10.6 Å². The molecule has 1 aliphatic heterocycles. The maximum atomic E-state index is 13.4. The Morgan fingerprint density at radius 1 is 1.23 bits per heavy atom. The minimum absolute atomic E-state index is 0.110. The van der Waals surface area contributed by atoms with Crippen LogP contribution in [0, 0.1) is 0 Å². The smallest absolute Gasteiger partial charge is 0.349 e. The molecule has 0 spiro atoms. The quantitative estimate of drug-likeness (QED) is 0.730. The summed E-state index contributed by atoms with van der Waals surface area (Å²) < 4.78 is 40.2. The van der Waals surface area contributed by atoms with Crippen LogP contribution in [0.1, 0.15) is 10.5 Å². The summed E-state index contributed by atoms with van der Waals surface area (Å²) in [5.74, 6) is -0.762. The van der Waals surface area contributed by atoms with Crippen LogP contribution in [0.15, 0.2) is 29.1 Å². The highest BCUT2D eigenvalue weighted by molar-refractivity contribution is 6.04. The highest BCUT2D eigenvalue weighted by Gasteiger charge is 2.43. The van der Waals surface area contributed by atoms with E-state index < -0.39 is 30.2 Å². The Balaban J connectivity index is 1.79. The monoisotopic (exact) mass is 369 g/mol. The number of fused-ring (bicyclic) bond motifs is 1. The zero-order valence-corrected chi connectivity index (χ0v) is 13.8. The third-order valence-electron chi connectivity index (χ3n) is 4.34. The molecule has 2 aromatic rings. The summed E-state index contributed by atoms with van der Waals surface area (Å²) >= 11 is 0. The SMILES string of the molecule is O=C(NCC(N1CCNCC1)C(F)(F)F)c1n[nH]c(=O)c2ccccc12.